The van der Waals surface area contributed by atoms with Crippen molar-refractivity contribution in [1.82, 2.24) is 10.3 Å². The Bertz CT molecular complexity index is 497. The zero-order valence-electron chi connectivity index (χ0n) is 10.9. The SMILES string of the molecule is CNC(C)c1ccc(C)cc1OCc1cncs1. The van der Waals surface area contributed by atoms with Gasteiger partial charge in [0.15, 0.2) is 0 Å². The summed E-state index contributed by atoms with van der Waals surface area (Å²) in [7, 11) is 1.96. The molecule has 0 fully saturated rings. The second kappa shape index (κ2) is 5.98. The van der Waals surface area contributed by atoms with E-state index in [0.29, 0.717) is 6.61 Å². The van der Waals surface area contributed by atoms with Crippen molar-refractivity contribution in [2.75, 3.05) is 7.05 Å². The molecule has 0 saturated heterocycles. The lowest BCUT2D eigenvalue weighted by Gasteiger charge is -2.16. The number of aryl methyl sites for hydroxylation is 1. The molecule has 0 saturated carbocycles. The number of hydrogen-bond donors (Lipinski definition) is 1. The molecule has 0 aliphatic carbocycles. The second-order valence-electron chi connectivity index (χ2n) is 4.31. The molecular formula is C14H18N2OS. The summed E-state index contributed by atoms with van der Waals surface area (Å²) in [6, 6.07) is 6.60. The highest BCUT2D eigenvalue weighted by Gasteiger charge is 2.10. The third-order valence-corrected chi connectivity index (χ3v) is 3.68. The highest BCUT2D eigenvalue weighted by Crippen LogP contribution is 2.27. The number of ether oxygens (including phenoxy) is 1. The van der Waals surface area contributed by atoms with E-state index in [9.17, 15) is 0 Å². The predicted molar refractivity (Wildman–Crippen MR) is 75.1 cm³/mol. The maximum Gasteiger partial charge on any atom is 0.124 e. The van der Waals surface area contributed by atoms with E-state index in [0.717, 1.165) is 10.6 Å². The van der Waals surface area contributed by atoms with Gasteiger partial charge in [-0.25, -0.2) is 0 Å². The summed E-state index contributed by atoms with van der Waals surface area (Å²) in [6.07, 6.45) is 1.85. The monoisotopic (exact) mass is 262 g/mol. The second-order valence-corrected chi connectivity index (χ2v) is 5.28. The van der Waals surface area contributed by atoms with Gasteiger partial charge in [-0.05, 0) is 32.5 Å². The Kier molecular flexibility index (Phi) is 4.33. The summed E-state index contributed by atoms with van der Waals surface area (Å²) in [4.78, 5) is 5.19. The lowest BCUT2D eigenvalue weighted by molar-refractivity contribution is 0.303. The molecule has 0 bridgehead atoms. The van der Waals surface area contributed by atoms with Crippen molar-refractivity contribution in [3.05, 3.63) is 45.9 Å². The van der Waals surface area contributed by atoms with Gasteiger partial charge in [0.2, 0.25) is 0 Å². The molecule has 3 nitrogen and oxygen atoms in total. The maximum absolute atomic E-state index is 5.92. The van der Waals surface area contributed by atoms with Crippen molar-refractivity contribution in [1.29, 1.82) is 0 Å². The number of aromatic nitrogens is 1. The molecule has 96 valence electrons. The molecule has 0 radical (unpaired) electrons. The van der Waals surface area contributed by atoms with E-state index in [1.165, 1.54) is 11.1 Å². The quantitative estimate of drug-likeness (QED) is 0.897. The van der Waals surface area contributed by atoms with Crippen LogP contribution < -0.4 is 10.1 Å². The van der Waals surface area contributed by atoms with Crippen LogP contribution in [0.15, 0.2) is 29.9 Å². The number of hydrogen-bond acceptors (Lipinski definition) is 4. The maximum atomic E-state index is 5.92. The van der Waals surface area contributed by atoms with E-state index in [1.54, 1.807) is 11.3 Å². The van der Waals surface area contributed by atoms with Crippen LogP contribution >= 0.6 is 11.3 Å². The Labute approximate surface area is 112 Å². The van der Waals surface area contributed by atoms with E-state index < -0.39 is 0 Å². The Balaban J connectivity index is 2.17. The summed E-state index contributed by atoms with van der Waals surface area (Å²) < 4.78 is 5.92. The third-order valence-electron chi connectivity index (χ3n) is 2.92. The number of nitrogens with zero attached hydrogens (tertiary/aromatic N) is 1. The Hall–Kier alpha value is -1.39. The van der Waals surface area contributed by atoms with Crippen molar-refractivity contribution in [2.45, 2.75) is 26.5 Å². The fraction of sp³-hybridized carbons (Fsp3) is 0.357. The van der Waals surface area contributed by atoms with Crippen molar-refractivity contribution in [2.24, 2.45) is 0 Å². The first kappa shape index (κ1) is 13.1. The molecule has 2 aromatic rings. The van der Waals surface area contributed by atoms with Crippen LogP contribution in [0.5, 0.6) is 5.75 Å². The minimum absolute atomic E-state index is 0.280. The first-order valence-electron chi connectivity index (χ1n) is 5.98. The molecule has 4 heteroatoms. The number of nitrogens with one attached hydrogen (secondary N) is 1. The first-order valence-corrected chi connectivity index (χ1v) is 6.86. The van der Waals surface area contributed by atoms with Gasteiger partial charge < -0.3 is 10.1 Å². The molecule has 1 atom stereocenters. The first-order chi connectivity index (χ1) is 8.70. The average molecular weight is 262 g/mol. The lowest BCUT2D eigenvalue weighted by Crippen LogP contribution is -2.13. The fourth-order valence-corrected chi connectivity index (χ4v) is 2.25. The van der Waals surface area contributed by atoms with Crippen LogP contribution in [0.2, 0.25) is 0 Å². The van der Waals surface area contributed by atoms with Crippen LogP contribution in [0, 0.1) is 6.92 Å². The topological polar surface area (TPSA) is 34.1 Å². The Morgan fingerprint density at radius 2 is 2.28 bits per heavy atom. The van der Waals surface area contributed by atoms with Crippen LogP contribution in [0.1, 0.15) is 29.0 Å². The van der Waals surface area contributed by atoms with E-state index in [1.807, 2.05) is 18.8 Å². The average Bonchev–Trinajstić information content (AvgIpc) is 2.88. The van der Waals surface area contributed by atoms with E-state index in [-0.39, 0.29) is 6.04 Å². The predicted octanol–water partition coefficient (Wildman–Crippen LogP) is 3.31. The summed E-state index contributed by atoms with van der Waals surface area (Å²) in [5.74, 6) is 0.949. The molecule has 0 spiro atoms. The summed E-state index contributed by atoms with van der Waals surface area (Å²) in [5, 5.41) is 3.24. The highest BCUT2D eigenvalue weighted by atomic mass is 32.1. The number of rotatable bonds is 5. The van der Waals surface area contributed by atoms with Gasteiger partial charge in [-0.1, -0.05) is 12.1 Å². The van der Waals surface area contributed by atoms with Crippen molar-refractivity contribution < 1.29 is 4.74 Å². The fourth-order valence-electron chi connectivity index (χ4n) is 1.74. The van der Waals surface area contributed by atoms with Gasteiger partial charge in [-0.2, -0.15) is 0 Å². The summed E-state index contributed by atoms with van der Waals surface area (Å²) >= 11 is 1.61. The molecule has 2 rings (SSSR count). The minimum atomic E-state index is 0.280. The minimum Gasteiger partial charge on any atom is -0.488 e. The van der Waals surface area contributed by atoms with Gasteiger partial charge in [-0.3, -0.25) is 4.98 Å². The molecule has 1 aromatic carbocycles. The molecule has 0 aliphatic heterocycles. The number of thiazole rings is 1. The van der Waals surface area contributed by atoms with E-state index in [2.05, 4.69) is 42.3 Å². The van der Waals surface area contributed by atoms with Gasteiger partial charge >= 0.3 is 0 Å². The van der Waals surface area contributed by atoms with Gasteiger partial charge in [-0.15, -0.1) is 11.3 Å². The van der Waals surface area contributed by atoms with Gasteiger partial charge in [0, 0.05) is 17.8 Å². The highest BCUT2D eigenvalue weighted by molar-refractivity contribution is 7.09. The van der Waals surface area contributed by atoms with Gasteiger partial charge in [0.1, 0.15) is 12.4 Å². The van der Waals surface area contributed by atoms with E-state index in [4.69, 9.17) is 4.74 Å². The van der Waals surface area contributed by atoms with Crippen LogP contribution in [-0.4, -0.2) is 12.0 Å². The molecule has 1 heterocycles. The zero-order valence-corrected chi connectivity index (χ0v) is 11.8. The lowest BCUT2D eigenvalue weighted by atomic mass is 10.1. The van der Waals surface area contributed by atoms with Crippen LogP contribution in [0.3, 0.4) is 0 Å². The van der Waals surface area contributed by atoms with Crippen LogP contribution in [0.4, 0.5) is 0 Å². The molecule has 0 aliphatic rings. The normalized spacial score (nSPS) is 12.4. The van der Waals surface area contributed by atoms with E-state index >= 15 is 0 Å². The smallest absolute Gasteiger partial charge is 0.124 e. The Morgan fingerprint density at radius 1 is 1.44 bits per heavy atom. The van der Waals surface area contributed by atoms with Crippen LogP contribution in [-0.2, 0) is 6.61 Å². The molecule has 1 aromatic heterocycles. The van der Waals surface area contributed by atoms with Crippen molar-refractivity contribution in [3.63, 3.8) is 0 Å². The summed E-state index contributed by atoms with van der Waals surface area (Å²) in [6.45, 7) is 4.79. The van der Waals surface area contributed by atoms with Crippen LogP contribution in [0.25, 0.3) is 0 Å². The molecular weight excluding hydrogens is 244 g/mol. The molecule has 0 amide bonds. The third kappa shape index (κ3) is 3.09. The summed E-state index contributed by atoms with van der Waals surface area (Å²) in [5.41, 5.74) is 4.22. The number of benzene rings is 1. The largest absolute Gasteiger partial charge is 0.488 e. The van der Waals surface area contributed by atoms with Crippen molar-refractivity contribution >= 4 is 11.3 Å². The zero-order chi connectivity index (χ0) is 13.0. The molecule has 18 heavy (non-hydrogen) atoms. The van der Waals surface area contributed by atoms with Crippen molar-refractivity contribution in [3.8, 4) is 5.75 Å². The molecule has 1 unspecified atom stereocenters. The standard InChI is InChI=1S/C14H18N2OS/c1-10-4-5-13(11(2)15-3)14(6-10)17-8-12-7-16-9-18-12/h4-7,9,11,15H,8H2,1-3H3. The van der Waals surface area contributed by atoms with Gasteiger partial charge in [0.05, 0.1) is 10.4 Å². The van der Waals surface area contributed by atoms with Gasteiger partial charge in [0.25, 0.3) is 0 Å². The Morgan fingerprint density at radius 3 is 2.94 bits per heavy atom. The molecule has 1 N–H and O–H groups in total.